The summed E-state index contributed by atoms with van der Waals surface area (Å²) < 4.78 is 11.4. The van der Waals surface area contributed by atoms with Gasteiger partial charge in [0.2, 0.25) is 11.8 Å². The molecule has 4 heterocycles. The molecule has 4 saturated heterocycles. The molecular weight excluding hydrogens is 406 g/mol. The maximum absolute atomic E-state index is 12.9. The Morgan fingerprint density at radius 1 is 1.10 bits per heavy atom. The SMILES string of the molecule is O=C(c1ccc(CN2CC(=O)N3CSC[C@H]3C2=O)cc1)N1CCC2(CC1)OCCO2. The number of ether oxygens (including phenoxy) is 2. The first-order chi connectivity index (χ1) is 14.5. The third-order valence-electron chi connectivity index (χ3n) is 6.33. The summed E-state index contributed by atoms with van der Waals surface area (Å²) in [5.41, 5.74) is 1.54. The fraction of sp³-hybridized carbons (Fsp3) is 0.571. The normalized spacial score (nSPS) is 25.9. The third kappa shape index (κ3) is 3.59. The molecule has 0 aromatic heterocycles. The van der Waals surface area contributed by atoms with E-state index in [0.29, 0.717) is 62.9 Å². The Morgan fingerprint density at radius 3 is 2.50 bits per heavy atom. The van der Waals surface area contributed by atoms with Crippen LogP contribution in [0.3, 0.4) is 0 Å². The Morgan fingerprint density at radius 2 is 1.80 bits per heavy atom. The first-order valence-corrected chi connectivity index (χ1v) is 11.5. The summed E-state index contributed by atoms with van der Waals surface area (Å²) in [4.78, 5) is 43.0. The van der Waals surface area contributed by atoms with E-state index in [-0.39, 0.29) is 30.3 Å². The van der Waals surface area contributed by atoms with Gasteiger partial charge in [-0.1, -0.05) is 12.1 Å². The van der Waals surface area contributed by atoms with Gasteiger partial charge in [-0.25, -0.2) is 0 Å². The Kier molecular flexibility index (Phi) is 5.20. The Hall–Kier alpha value is -2.10. The van der Waals surface area contributed by atoms with Crippen LogP contribution in [0.1, 0.15) is 28.8 Å². The van der Waals surface area contributed by atoms with Crippen LogP contribution in [0.5, 0.6) is 0 Å². The first kappa shape index (κ1) is 19.8. The van der Waals surface area contributed by atoms with Crippen LogP contribution >= 0.6 is 11.8 Å². The predicted octanol–water partition coefficient (Wildman–Crippen LogP) is 0.909. The molecule has 5 rings (SSSR count). The highest BCUT2D eigenvalue weighted by Crippen LogP contribution is 2.32. The molecule has 0 N–H and O–H groups in total. The summed E-state index contributed by atoms with van der Waals surface area (Å²) in [5.74, 6) is 0.800. The highest BCUT2D eigenvalue weighted by molar-refractivity contribution is 7.99. The van der Waals surface area contributed by atoms with Crippen molar-refractivity contribution < 1.29 is 23.9 Å². The molecule has 4 aliphatic rings. The van der Waals surface area contributed by atoms with Crippen LogP contribution in [0.25, 0.3) is 0 Å². The highest BCUT2D eigenvalue weighted by Gasteiger charge is 2.42. The lowest BCUT2D eigenvalue weighted by molar-refractivity contribution is -0.181. The molecule has 1 aromatic rings. The number of hydrogen-bond acceptors (Lipinski definition) is 6. The fourth-order valence-electron chi connectivity index (χ4n) is 4.56. The van der Waals surface area contributed by atoms with Crippen molar-refractivity contribution in [1.82, 2.24) is 14.7 Å². The quantitative estimate of drug-likeness (QED) is 0.708. The van der Waals surface area contributed by atoms with E-state index >= 15 is 0 Å². The van der Waals surface area contributed by atoms with Crippen molar-refractivity contribution in [2.45, 2.75) is 31.2 Å². The Balaban J connectivity index is 1.20. The monoisotopic (exact) mass is 431 g/mol. The standard InChI is InChI=1S/C21H25N3O5S/c25-18-12-23(20(27)17-13-30-14-24(17)18)11-15-1-3-16(4-2-15)19(26)22-7-5-21(6-8-22)28-9-10-29-21/h1-4,17H,5-14H2/t17-/m0/s1. The second kappa shape index (κ2) is 7.86. The molecule has 0 saturated carbocycles. The molecule has 1 spiro atoms. The summed E-state index contributed by atoms with van der Waals surface area (Å²) >= 11 is 1.62. The van der Waals surface area contributed by atoms with Crippen molar-refractivity contribution in [3.8, 4) is 0 Å². The van der Waals surface area contributed by atoms with Crippen molar-refractivity contribution in [3.05, 3.63) is 35.4 Å². The van der Waals surface area contributed by atoms with Crippen molar-refractivity contribution >= 4 is 29.5 Å². The van der Waals surface area contributed by atoms with Crippen LogP contribution in [0.15, 0.2) is 24.3 Å². The zero-order valence-electron chi connectivity index (χ0n) is 16.7. The lowest BCUT2D eigenvalue weighted by Gasteiger charge is -2.37. The lowest BCUT2D eigenvalue weighted by atomic mass is 10.0. The van der Waals surface area contributed by atoms with Gasteiger partial charge in [0, 0.05) is 43.8 Å². The average Bonchev–Trinajstić information content (AvgIpc) is 3.43. The molecule has 0 radical (unpaired) electrons. The van der Waals surface area contributed by atoms with E-state index in [9.17, 15) is 14.4 Å². The molecule has 9 heteroatoms. The first-order valence-electron chi connectivity index (χ1n) is 10.4. The largest absolute Gasteiger partial charge is 0.347 e. The summed E-state index contributed by atoms with van der Waals surface area (Å²) in [6, 6.07) is 7.02. The minimum atomic E-state index is -0.494. The number of thioether (sulfide) groups is 1. The lowest BCUT2D eigenvalue weighted by Crippen LogP contribution is -2.57. The van der Waals surface area contributed by atoms with Crippen molar-refractivity contribution in [1.29, 1.82) is 0 Å². The second-order valence-corrected chi connectivity index (χ2v) is 9.17. The van der Waals surface area contributed by atoms with Gasteiger partial charge in [-0.3, -0.25) is 14.4 Å². The van der Waals surface area contributed by atoms with Gasteiger partial charge in [0.25, 0.3) is 5.91 Å². The fourth-order valence-corrected chi connectivity index (χ4v) is 5.73. The van der Waals surface area contributed by atoms with E-state index < -0.39 is 5.79 Å². The number of amides is 3. The molecule has 8 nitrogen and oxygen atoms in total. The molecule has 0 bridgehead atoms. The maximum atomic E-state index is 12.9. The van der Waals surface area contributed by atoms with E-state index in [1.54, 1.807) is 33.7 Å². The maximum Gasteiger partial charge on any atom is 0.253 e. The minimum absolute atomic E-state index is 0.00255. The van der Waals surface area contributed by atoms with Crippen LogP contribution in [0.2, 0.25) is 0 Å². The van der Waals surface area contributed by atoms with Crippen LogP contribution in [-0.2, 0) is 25.6 Å². The Bertz CT molecular complexity index is 845. The van der Waals surface area contributed by atoms with Crippen LogP contribution in [0, 0.1) is 0 Å². The van der Waals surface area contributed by atoms with E-state index in [1.165, 1.54) is 0 Å². The smallest absolute Gasteiger partial charge is 0.253 e. The molecular formula is C21H25N3O5S. The molecule has 3 amide bonds. The molecule has 30 heavy (non-hydrogen) atoms. The predicted molar refractivity (Wildman–Crippen MR) is 110 cm³/mol. The number of carbonyl (C=O) groups excluding carboxylic acids is 3. The van der Waals surface area contributed by atoms with Gasteiger partial charge in [0.05, 0.1) is 19.1 Å². The number of fused-ring (bicyclic) bond motifs is 1. The number of piperidine rings is 1. The molecule has 1 aromatic carbocycles. The summed E-state index contributed by atoms with van der Waals surface area (Å²) in [5, 5.41) is 0. The number of hydrogen-bond donors (Lipinski definition) is 0. The number of likely N-dealkylation sites (tertiary alicyclic amines) is 1. The molecule has 160 valence electrons. The van der Waals surface area contributed by atoms with Crippen molar-refractivity contribution in [2.24, 2.45) is 0 Å². The molecule has 0 unspecified atom stereocenters. The van der Waals surface area contributed by atoms with Crippen LogP contribution < -0.4 is 0 Å². The van der Waals surface area contributed by atoms with E-state index in [2.05, 4.69) is 0 Å². The summed E-state index contributed by atoms with van der Waals surface area (Å²) in [6.45, 7) is 2.98. The van der Waals surface area contributed by atoms with E-state index in [1.807, 2.05) is 17.0 Å². The minimum Gasteiger partial charge on any atom is -0.347 e. The van der Waals surface area contributed by atoms with Crippen molar-refractivity contribution in [2.75, 3.05) is 44.5 Å². The zero-order valence-corrected chi connectivity index (χ0v) is 17.6. The summed E-state index contributed by atoms with van der Waals surface area (Å²) in [6.07, 6.45) is 1.39. The molecule has 1 atom stereocenters. The number of carbonyl (C=O) groups is 3. The van der Waals surface area contributed by atoms with Gasteiger partial charge in [0.1, 0.15) is 12.6 Å². The van der Waals surface area contributed by atoms with E-state index in [0.717, 1.165) is 5.56 Å². The molecule has 4 aliphatic heterocycles. The zero-order chi connectivity index (χ0) is 20.7. The van der Waals surface area contributed by atoms with Crippen LogP contribution in [-0.4, -0.2) is 88.7 Å². The number of nitrogens with zero attached hydrogens (tertiary/aromatic N) is 3. The van der Waals surface area contributed by atoms with E-state index in [4.69, 9.17) is 9.47 Å². The van der Waals surface area contributed by atoms with Gasteiger partial charge in [-0.15, -0.1) is 11.8 Å². The highest BCUT2D eigenvalue weighted by atomic mass is 32.2. The van der Waals surface area contributed by atoms with Gasteiger partial charge < -0.3 is 24.2 Å². The third-order valence-corrected chi connectivity index (χ3v) is 7.34. The average molecular weight is 432 g/mol. The number of rotatable bonds is 3. The van der Waals surface area contributed by atoms with Gasteiger partial charge in [-0.2, -0.15) is 0 Å². The number of benzene rings is 1. The van der Waals surface area contributed by atoms with Crippen LogP contribution in [0.4, 0.5) is 0 Å². The topological polar surface area (TPSA) is 79.4 Å². The second-order valence-electron chi connectivity index (χ2n) is 8.17. The van der Waals surface area contributed by atoms with Crippen molar-refractivity contribution in [3.63, 3.8) is 0 Å². The summed E-state index contributed by atoms with van der Waals surface area (Å²) in [7, 11) is 0. The van der Waals surface area contributed by atoms with Gasteiger partial charge >= 0.3 is 0 Å². The Labute approximate surface area is 179 Å². The molecule has 4 fully saturated rings. The molecule has 0 aliphatic carbocycles. The van der Waals surface area contributed by atoms with Gasteiger partial charge in [-0.05, 0) is 17.7 Å². The van der Waals surface area contributed by atoms with Gasteiger partial charge in [0.15, 0.2) is 5.79 Å². The number of piperazine rings is 1.